The van der Waals surface area contributed by atoms with Gasteiger partial charge in [0, 0.05) is 5.88 Å². The van der Waals surface area contributed by atoms with E-state index in [1.807, 2.05) is 0 Å². The lowest BCUT2D eigenvalue weighted by Gasteiger charge is -2.24. The highest BCUT2D eigenvalue weighted by Crippen LogP contribution is 2.36. The highest BCUT2D eigenvalue weighted by molar-refractivity contribution is 6.17. The molecule has 0 spiro atoms. The average Bonchev–Trinajstić information content (AvgIpc) is 2.34. The van der Waals surface area contributed by atoms with Gasteiger partial charge in [-0.05, 0) is 41.4 Å². The van der Waals surface area contributed by atoms with Crippen molar-refractivity contribution in [3.8, 4) is 5.75 Å². The van der Waals surface area contributed by atoms with Crippen molar-refractivity contribution in [2.45, 2.75) is 46.0 Å². The van der Waals surface area contributed by atoms with E-state index in [-0.39, 0.29) is 0 Å². The van der Waals surface area contributed by atoms with Crippen LogP contribution in [0.1, 0.15) is 57.1 Å². The monoisotopic (exact) mass is 268 g/mol. The Hall–Kier alpha value is -0.690. The molecule has 18 heavy (non-hydrogen) atoms. The van der Waals surface area contributed by atoms with E-state index in [1.165, 1.54) is 11.1 Å². The maximum Gasteiger partial charge on any atom is 0.122 e. The van der Waals surface area contributed by atoms with Crippen LogP contribution in [-0.2, 0) is 0 Å². The minimum Gasteiger partial charge on any atom is -0.496 e. The van der Waals surface area contributed by atoms with Gasteiger partial charge in [0.2, 0.25) is 0 Å². The lowest BCUT2D eigenvalue weighted by atomic mass is 9.84. The van der Waals surface area contributed by atoms with E-state index < -0.39 is 0 Å². The number of alkyl halides is 1. The molecular weight excluding hydrogens is 244 g/mol. The van der Waals surface area contributed by atoms with E-state index in [0.29, 0.717) is 23.6 Å². The van der Waals surface area contributed by atoms with E-state index in [1.54, 1.807) is 7.11 Å². The number of hydrogen-bond acceptors (Lipinski definition) is 1. The molecule has 1 aromatic rings. The van der Waals surface area contributed by atoms with Gasteiger partial charge in [0.15, 0.2) is 0 Å². The van der Waals surface area contributed by atoms with Crippen LogP contribution in [0.2, 0.25) is 0 Å². The molecule has 0 bridgehead atoms. The molecule has 0 saturated carbocycles. The standard InChI is InChI=1S/C16H25ClO/c1-11(2)13-6-7-16(18-5)15(10-13)14(8-9-17)12(3)4/h6-7,10-12,14H,8-9H2,1-5H3. The highest BCUT2D eigenvalue weighted by atomic mass is 35.5. The Labute approximate surface area is 116 Å². The molecule has 0 heterocycles. The molecule has 0 amide bonds. The van der Waals surface area contributed by atoms with Gasteiger partial charge in [0.1, 0.15) is 5.75 Å². The number of benzene rings is 1. The zero-order valence-corrected chi connectivity index (χ0v) is 12.9. The number of halogens is 1. The molecule has 1 atom stereocenters. The van der Waals surface area contributed by atoms with Crippen molar-refractivity contribution < 1.29 is 4.74 Å². The second kappa shape index (κ2) is 7.04. The second-order valence-corrected chi connectivity index (χ2v) is 5.86. The minimum absolute atomic E-state index is 0.469. The molecule has 102 valence electrons. The largest absolute Gasteiger partial charge is 0.496 e. The SMILES string of the molecule is COc1ccc(C(C)C)cc1C(CCCl)C(C)C. The first-order chi connectivity index (χ1) is 8.51. The molecule has 0 fully saturated rings. The van der Waals surface area contributed by atoms with Crippen LogP contribution in [0.25, 0.3) is 0 Å². The number of ether oxygens (including phenoxy) is 1. The Morgan fingerprint density at radius 1 is 1.17 bits per heavy atom. The third-order valence-electron chi connectivity index (χ3n) is 3.54. The average molecular weight is 269 g/mol. The van der Waals surface area contributed by atoms with Crippen LogP contribution in [0, 0.1) is 5.92 Å². The summed E-state index contributed by atoms with van der Waals surface area (Å²) in [5, 5.41) is 0. The minimum atomic E-state index is 0.469. The summed E-state index contributed by atoms with van der Waals surface area (Å²) in [6.07, 6.45) is 0.997. The molecule has 1 rings (SSSR count). The molecule has 0 aliphatic rings. The maximum atomic E-state index is 5.95. The third kappa shape index (κ3) is 3.65. The Morgan fingerprint density at radius 3 is 2.28 bits per heavy atom. The van der Waals surface area contributed by atoms with Crippen molar-refractivity contribution in [3.05, 3.63) is 29.3 Å². The normalized spacial score (nSPS) is 13.1. The van der Waals surface area contributed by atoms with Gasteiger partial charge < -0.3 is 4.74 Å². The fourth-order valence-corrected chi connectivity index (χ4v) is 2.60. The van der Waals surface area contributed by atoms with E-state index >= 15 is 0 Å². The van der Waals surface area contributed by atoms with Crippen molar-refractivity contribution in [2.75, 3.05) is 13.0 Å². The summed E-state index contributed by atoms with van der Waals surface area (Å²) in [6, 6.07) is 6.54. The molecular formula is C16H25ClO. The van der Waals surface area contributed by atoms with Crippen LogP contribution in [-0.4, -0.2) is 13.0 Å². The zero-order valence-electron chi connectivity index (χ0n) is 12.2. The Balaban J connectivity index is 3.19. The summed E-state index contributed by atoms with van der Waals surface area (Å²) < 4.78 is 5.51. The number of hydrogen-bond donors (Lipinski definition) is 0. The van der Waals surface area contributed by atoms with Crippen molar-refractivity contribution in [3.63, 3.8) is 0 Å². The molecule has 0 radical (unpaired) electrons. The van der Waals surface area contributed by atoms with Crippen molar-refractivity contribution in [1.82, 2.24) is 0 Å². The van der Waals surface area contributed by atoms with Gasteiger partial charge in [0.25, 0.3) is 0 Å². The lowest BCUT2D eigenvalue weighted by Crippen LogP contribution is -2.10. The van der Waals surface area contributed by atoms with Crippen LogP contribution in [0.4, 0.5) is 0 Å². The Kier molecular flexibility index (Phi) is 6.01. The summed E-state index contributed by atoms with van der Waals surface area (Å²) >= 11 is 5.95. The predicted octanol–water partition coefficient (Wildman–Crippen LogP) is 5.19. The van der Waals surface area contributed by atoms with Gasteiger partial charge in [-0.25, -0.2) is 0 Å². The Bertz CT molecular complexity index is 371. The van der Waals surface area contributed by atoms with Gasteiger partial charge in [-0.2, -0.15) is 0 Å². The van der Waals surface area contributed by atoms with Crippen LogP contribution in [0.3, 0.4) is 0 Å². The van der Waals surface area contributed by atoms with Crippen molar-refractivity contribution in [1.29, 1.82) is 0 Å². The molecule has 0 aromatic heterocycles. The van der Waals surface area contributed by atoms with E-state index in [2.05, 4.69) is 45.9 Å². The second-order valence-electron chi connectivity index (χ2n) is 5.48. The van der Waals surface area contributed by atoms with Crippen LogP contribution >= 0.6 is 11.6 Å². The van der Waals surface area contributed by atoms with Gasteiger partial charge in [-0.1, -0.05) is 39.8 Å². The first-order valence-electron chi connectivity index (χ1n) is 6.75. The predicted molar refractivity (Wildman–Crippen MR) is 80.0 cm³/mol. The van der Waals surface area contributed by atoms with Crippen molar-refractivity contribution in [2.24, 2.45) is 5.92 Å². The van der Waals surface area contributed by atoms with E-state index in [0.717, 1.165) is 12.2 Å². The molecule has 0 aliphatic carbocycles. The van der Waals surface area contributed by atoms with Gasteiger partial charge in [0.05, 0.1) is 7.11 Å². The highest BCUT2D eigenvalue weighted by Gasteiger charge is 2.20. The van der Waals surface area contributed by atoms with Gasteiger partial charge >= 0.3 is 0 Å². The topological polar surface area (TPSA) is 9.23 Å². The summed E-state index contributed by atoms with van der Waals surface area (Å²) in [4.78, 5) is 0. The number of methoxy groups -OCH3 is 1. The molecule has 0 N–H and O–H groups in total. The quantitative estimate of drug-likeness (QED) is 0.646. The molecule has 0 saturated heterocycles. The third-order valence-corrected chi connectivity index (χ3v) is 3.76. The fourth-order valence-electron chi connectivity index (χ4n) is 2.37. The number of rotatable bonds is 6. The van der Waals surface area contributed by atoms with Gasteiger partial charge in [-0.15, -0.1) is 11.6 Å². The van der Waals surface area contributed by atoms with Crippen LogP contribution < -0.4 is 4.74 Å². The maximum absolute atomic E-state index is 5.95. The Morgan fingerprint density at radius 2 is 1.83 bits per heavy atom. The lowest BCUT2D eigenvalue weighted by molar-refractivity contribution is 0.392. The van der Waals surface area contributed by atoms with Crippen LogP contribution in [0.5, 0.6) is 5.75 Å². The summed E-state index contributed by atoms with van der Waals surface area (Å²) in [5.74, 6) is 3.26. The smallest absolute Gasteiger partial charge is 0.122 e. The molecule has 1 unspecified atom stereocenters. The zero-order chi connectivity index (χ0) is 13.7. The fraction of sp³-hybridized carbons (Fsp3) is 0.625. The van der Waals surface area contributed by atoms with Crippen molar-refractivity contribution >= 4 is 11.6 Å². The van der Waals surface area contributed by atoms with E-state index in [4.69, 9.17) is 16.3 Å². The first kappa shape index (κ1) is 15.4. The van der Waals surface area contributed by atoms with Gasteiger partial charge in [-0.3, -0.25) is 0 Å². The molecule has 1 nitrogen and oxygen atoms in total. The van der Waals surface area contributed by atoms with Crippen LogP contribution in [0.15, 0.2) is 18.2 Å². The molecule has 2 heteroatoms. The molecule has 1 aromatic carbocycles. The van der Waals surface area contributed by atoms with E-state index in [9.17, 15) is 0 Å². The summed E-state index contributed by atoms with van der Waals surface area (Å²) in [7, 11) is 1.74. The summed E-state index contributed by atoms with van der Waals surface area (Å²) in [5.41, 5.74) is 2.67. The molecule has 0 aliphatic heterocycles. The first-order valence-corrected chi connectivity index (χ1v) is 7.28. The summed E-state index contributed by atoms with van der Waals surface area (Å²) in [6.45, 7) is 8.94.